The summed E-state index contributed by atoms with van der Waals surface area (Å²) in [5.41, 5.74) is 4.44. The van der Waals surface area contributed by atoms with Gasteiger partial charge in [0, 0.05) is 0 Å². The molecule has 0 nitrogen and oxygen atoms in total. The van der Waals surface area contributed by atoms with Crippen LogP contribution in [0.2, 0.25) is 0 Å². The maximum Gasteiger partial charge on any atom is 0.0613 e. The third-order valence-electron chi connectivity index (χ3n) is 4.31. The summed E-state index contributed by atoms with van der Waals surface area (Å²) in [5.74, 6) is 0.631. The van der Waals surface area contributed by atoms with Gasteiger partial charge in [0.25, 0.3) is 0 Å². The average Bonchev–Trinajstić information content (AvgIpc) is 2.86. The van der Waals surface area contributed by atoms with Crippen LogP contribution in [0.1, 0.15) is 68.0 Å². The van der Waals surface area contributed by atoms with E-state index in [4.69, 9.17) is 11.6 Å². The lowest BCUT2D eigenvalue weighted by atomic mass is 9.90. The van der Waals surface area contributed by atoms with E-state index >= 15 is 0 Å². The Morgan fingerprint density at radius 2 is 1.94 bits per heavy atom. The SMILES string of the molecule is CCCCC(CC)C(Cl)c1ccc2c(c1)CCC2. The van der Waals surface area contributed by atoms with Crippen LogP contribution >= 0.6 is 11.6 Å². The van der Waals surface area contributed by atoms with Gasteiger partial charge >= 0.3 is 0 Å². The Bertz CT molecular complexity index is 383. The van der Waals surface area contributed by atoms with Crippen LogP contribution in [-0.2, 0) is 12.8 Å². The summed E-state index contributed by atoms with van der Waals surface area (Å²) in [6.45, 7) is 4.52. The molecule has 1 aliphatic carbocycles. The molecule has 0 aliphatic heterocycles. The molecule has 2 unspecified atom stereocenters. The van der Waals surface area contributed by atoms with Crippen molar-refractivity contribution in [2.75, 3.05) is 0 Å². The number of aryl methyl sites for hydroxylation is 2. The van der Waals surface area contributed by atoms with Gasteiger partial charge in [0.05, 0.1) is 5.38 Å². The van der Waals surface area contributed by atoms with Gasteiger partial charge in [-0.1, -0.05) is 51.3 Å². The molecule has 2 atom stereocenters. The van der Waals surface area contributed by atoms with Crippen molar-refractivity contribution in [2.24, 2.45) is 5.92 Å². The Kier molecular flexibility index (Phi) is 5.12. The predicted octanol–water partition coefficient (Wildman–Crippen LogP) is 5.67. The molecular weight excluding hydrogens is 240 g/mol. The molecular formula is C17H25Cl. The minimum Gasteiger partial charge on any atom is -0.118 e. The maximum absolute atomic E-state index is 6.71. The highest BCUT2D eigenvalue weighted by Gasteiger charge is 2.20. The molecule has 0 saturated carbocycles. The van der Waals surface area contributed by atoms with Gasteiger partial charge in [-0.05, 0) is 48.3 Å². The number of alkyl halides is 1. The van der Waals surface area contributed by atoms with Crippen LogP contribution in [0.4, 0.5) is 0 Å². The minimum absolute atomic E-state index is 0.201. The molecule has 100 valence electrons. The van der Waals surface area contributed by atoms with Gasteiger partial charge in [0.1, 0.15) is 0 Å². The molecule has 2 rings (SSSR count). The van der Waals surface area contributed by atoms with Crippen molar-refractivity contribution >= 4 is 11.6 Å². The number of rotatable bonds is 6. The van der Waals surface area contributed by atoms with Crippen LogP contribution in [-0.4, -0.2) is 0 Å². The molecule has 0 fully saturated rings. The molecule has 1 aromatic rings. The van der Waals surface area contributed by atoms with E-state index in [1.807, 2.05) is 0 Å². The average molecular weight is 265 g/mol. The molecule has 18 heavy (non-hydrogen) atoms. The summed E-state index contributed by atoms with van der Waals surface area (Å²) in [4.78, 5) is 0. The summed E-state index contributed by atoms with van der Waals surface area (Å²) >= 11 is 6.71. The topological polar surface area (TPSA) is 0 Å². The van der Waals surface area contributed by atoms with E-state index in [1.165, 1.54) is 50.5 Å². The lowest BCUT2D eigenvalue weighted by molar-refractivity contribution is 0.437. The Balaban J connectivity index is 2.09. The summed E-state index contributed by atoms with van der Waals surface area (Å²) in [6.07, 6.45) is 8.84. The van der Waals surface area contributed by atoms with E-state index in [2.05, 4.69) is 32.0 Å². The minimum atomic E-state index is 0.201. The van der Waals surface area contributed by atoms with E-state index in [1.54, 1.807) is 11.1 Å². The highest BCUT2D eigenvalue weighted by molar-refractivity contribution is 6.21. The fraction of sp³-hybridized carbons (Fsp3) is 0.647. The largest absolute Gasteiger partial charge is 0.118 e. The Morgan fingerprint density at radius 1 is 1.17 bits per heavy atom. The smallest absolute Gasteiger partial charge is 0.0613 e. The molecule has 0 N–H and O–H groups in total. The second-order valence-corrected chi connectivity index (χ2v) is 6.06. The number of halogens is 1. The van der Waals surface area contributed by atoms with E-state index in [-0.39, 0.29) is 5.38 Å². The van der Waals surface area contributed by atoms with E-state index in [0.717, 1.165) is 0 Å². The lowest BCUT2D eigenvalue weighted by Crippen LogP contribution is -2.07. The number of hydrogen-bond acceptors (Lipinski definition) is 0. The first-order chi connectivity index (χ1) is 8.76. The number of unbranched alkanes of at least 4 members (excludes halogenated alkanes) is 1. The molecule has 1 aliphatic rings. The Labute approximate surface area is 117 Å². The molecule has 0 amide bonds. The van der Waals surface area contributed by atoms with E-state index in [0.29, 0.717) is 5.92 Å². The second-order valence-electron chi connectivity index (χ2n) is 5.59. The molecule has 0 heterocycles. The fourth-order valence-corrected chi connectivity index (χ4v) is 3.50. The van der Waals surface area contributed by atoms with Crippen molar-refractivity contribution in [2.45, 2.75) is 64.2 Å². The lowest BCUT2D eigenvalue weighted by Gasteiger charge is -2.21. The van der Waals surface area contributed by atoms with Gasteiger partial charge in [-0.25, -0.2) is 0 Å². The highest BCUT2D eigenvalue weighted by atomic mass is 35.5. The zero-order valence-electron chi connectivity index (χ0n) is 11.7. The molecule has 1 heteroatoms. The summed E-state index contributed by atoms with van der Waals surface area (Å²) in [7, 11) is 0. The van der Waals surface area contributed by atoms with Crippen molar-refractivity contribution in [3.63, 3.8) is 0 Å². The molecule has 0 aromatic heterocycles. The third kappa shape index (κ3) is 3.09. The Hall–Kier alpha value is -0.490. The van der Waals surface area contributed by atoms with Gasteiger partial charge < -0.3 is 0 Å². The molecule has 1 aromatic carbocycles. The standard InChI is InChI=1S/C17H25Cl/c1-3-5-7-13(4-2)17(18)16-11-10-14-8-6-9-15(14)12-16/h10-13,17H,3-9H2,1-2H3. The zero-order chi connectivity index (χ0) is 13.0. The van der Waals surface area contributed by atoms with Crippen molar-refractivity contribution in [3.05, 3.63) is 34.9 Å². The normalized spacial score (nSPS) is 17.5. The van der Waals surface area contributed by atoms with Crippen molar-refractivity contribution in [1.82, 2.24) is 0 Å². The van der Waals surface area contributed by atoms with E-state index < -0.39 is 0 Å². The molecule has 0 radical (unpaired) electrons. The quantitative estimate of drug-likeness (QED) is 0.581. The fourth-order valence-electron chi connectivity index (χ4n) is 3.06. The van der Waals surface area contributed by atoms with Gasteiger partial charge in [-0.3, -0.25) is 0 Å². The molecule has 0 saturated heterocycles. The monoisotopic (exact) mass is 264 g/mol. The maximum atomic E-state index is 6.71. The van der Waals surface area contributed by atoms with Crippen LogP contribution in [0.25, 0.3) is 0 Å². The Morgan fingerprint density at radius 3 is 2.67 bits per heavy atom. The second kappa shape index (κ2) is 6.61. The van der Waals surface area contributed by atoms with Gasteiger partial charge in [0.15, 0.2) is 0 Å². The number of fused-ring (bicyclic) bond motifs is 1. The molecule has 0 bridgehead atoms. The van der Waals surface area contributed by atoms with E-state index in [9.17, 15) is 0 Å². The van der Waals surface area contributed by atoms with Crippen molar-refractivity contribution in [1.29, 1.82) is 0 Å². The summed E-state index contributed by atoms with van der Waals surface area (Å²) in [5, 5.41) is 0.201. The van der Waals surface area contributed by atoms with Crippen LogP contribution < -0.4 is 0 Å². The van der Waals surface area contributed by atoms with Crippen LogP contribution in [0, 0.1) is 5.92 Å². The van der Waals surface area contributed by atoms with Gasteiger partial charge in [0.2, 0.25) is 0 Å². The first-order valence-electron chi connectivity index (χ1n) is 7.52. The first kappa shape index (κ1) is 13.9. The van der Waals surface area contributed by atoms with Crippen LogP contribution in [0.15, 0.2) is 18.2 Å². The number of hydrogen-bond donors (Lipinski definition) is 0. The van der Waals surface area contributed by atoms with Crippen LogP contribution in [0.5, 0.6) is 0 Å². The predicted molar refractivity (Wildman–Crippen MR) is 80.4 cm³/mol. The van der Waals surface area contributed by atoms with Crippen LogP contribution in [0.3, 0.4) is 0 Å². The first-order valence-corrected chi connectivity index (χ1v) is 7.95. The summed E-state index contributed by atoms with van der Waals surface area (Å²) in [6, 6.07) is 6.94. The number of benzene rings is 1. The molecule has 0 spiro atoms. The van der Waals surface area contributed by atoms with Gasteiger partial charge in [-0.2, -0.15) is 0 Å². The highest BCUT2D eigenvalue weighted by Crippen LogP contribution is 2.36. The zero-order valence-corrected chi connectivity index (χ0v) is 12.5. The summed E-state index contributed by atoms with van der Waals surface area (Å²) < 4.78 is 0. The van der Waals surface area contributed by atoms with Crippen molar-refractivity contribution < 1.29 is 0 Å². The van der Waals surface area contributed by atoms with Gasteiger partial charge in [-0.15, -0.1) is 11.6 Å². The third-order valence-corrected chi connectivity index (χ3v) is 4.92. The van der Waals surface area contributed by atoms with Crippen molar-refractivity contribution in [3.8, 4) is 0 Å².